The van der Waals surface area contributed by atoms with Crippen LogP contribution in [0.15, 0.2) is 36.5 Å². The Balaban J connectivity index is 1.97. The van der Waals surface area contributed by atoms with Gasteiger partial charge >= 0.3 is 0 Å². The molecule has 0 aliphatic rings. The Morgan fingerprint density at radius 3 is 2.58 bits per heavy atom. The van der Waals surface area contributed by atoms with Crippen molar-refractivity contribution in [1.29, 1.82) is 0 Å². The van der Waals surface area contributed by atoms with Gasteiger partial charge in [0.1, 0.15) is 5.69 Å². The molecule has 0 spiro atoms. The first-order valence-corrected chi connectivity index (χ1v) is 8.72. The number of nitrogens with zero attached hydrogens (tertiary/aromatic N) is 1. The van der Waals surface area contributed by atoms with Gasteiger partial charge < -0.3 is 20.1 Å². The number of anilines is 1. The highest BCUT2D eigenvalue weighted by atomic mass is 16.5. The van der Waals surface area contributed by atoms with E-state index >= 15 is 0 Å². The van der Waals surface area contributed by atoms with Gasteiger partial charge in [0.2, 0.25) is 0 Å². The van der Waals surface area contributed by atoms with Crippen molar-refractivity contribution >= 4 is 11.6 Å². The molecule has 2 rings (SSSR count). The Morgan fingerprint density at radius 2 is 1.88 bits per heavy atom. The number of amides is 1. The van der Waals surface area contributed by atoms with Gasteiger partial charge in [-0.2, -0.15) is 0 Å². The number of pyridine rings is 1. The van der Waals surface area contributed by atoms with Crippen LogP contribution >= 0.6 is 0 Å². The summed E-state index contributed by atoms with van der Waals surface area (Å²) in [7, 11) is 3.22. The molecule has 26 heavy (non-hydrogen) atoms. The van der Waals surface area contributed by atoms with E-state index < -0.39 is 0 Å². The number of benzene rings is 1. The molecule has 0 unspecified atom stereocenters. The number of nitrogens with one attached hydrogen (secondary N) is 2. The smallest absolute Gasteiger partial charge is 0.269 e. The molecule has 0 bridgehead atoms. The highest BCUT2D eigenvalue weighted by Gasteiger charge is 2.08. The molecule has 0 radical (unpaired) electrons. The van der Waals surface area contributed by atoms with Crippen LogP contribution in [0.2, 0.25) is 0 Å². The number of rotatable bonds is 9. The highest BCUT2D eigenvalue weighted by Crippen LogP contribution is 2.27. The molecule has 0 aliphatic heterocycles. The van der Waals surface area contributed by atoms with Gasteiger partial charge in [0.05, 0.1) is 14.2 Å². The quantitative estimate of drug-likeness (QED) is 0.719. The Bertz CT molecular complexity index is 732. The lowest BCUT2D eigenvalue weighted by Crippen LogP contribution is -2.26. The van der Waals surface area contributed by atoms with Gasteiger partial charge in [-0.1, -0.05) is 19.9 Å². The van der Waals surface area contributed by atoms with Crippen LogP contribution in [-0.2, 0) is 6.54 Å². The van der Waals surface area contributed by atoms with Crippen molar-refractivity contribution in [3.63, 3.8) is 0 Å². The minimum Gasteiger partial charge on any atom is -0.493 e. The van der Waals surface area contributed by atoms with E-state index in [4.69, 9.17) is 9.47 Å². The third-order valence-corrected chi connectivity index (χ3v) is 3.94. The van der Waals surface area contributed by atoms with E-state index in [1.165, 1.54) is 0 Å². The first-order valence-electron chi connectivity index (χ1n) is 8.72. The van der Waals surface area contributed by atoms with Gasteiger partial charge in [0.15, 0.2) is 11.5 Å². The molecule has 0 saturated carbocycles. The molecule has 0 aliphatic carbocycles. The normalized spacial score (nSPS) is 10.5. The zero-order valence-electron chi connectivity index (χ0n) is 15.8. The minimum absolute atomic E-state index is 0.152. The largest absolute Gasteiger partial charge is 0.493 e. The van der Waals surface area contributed by atoms with Crippen molar-refractivity contribution in [2.24, 2.45) is 5.92 Å². The number of carbonyl (C=O) groups is 1. The van der Waals surface area contributed by atoms with Crippen LogP contribution < -0.4 is 20.1 Å². The number of methoxy groups -OCH3 is 2. The van der Waals surface area contributed by atoms with E-state index in [0.29, 0.717) is 36.2 Å². The topological polar surface area (TPSA) is 72.5 Å². The standard InChI is InChI=1S/C20H27N3O3/c1-14(2)7-9-22-20(24)17-12-16(8-10-21-17)23-13-15-5-6-18(25-3)19(11-15)26-4/h5-6,8,10-12,14H,7,9,13H2,1-4H3,(H,21,23)(H,22,24). The summed E-state index contributed by atoms with van der Waals surface area (Å²) in [4.78, 5) is 16.3. The van der Waals surface area contributed by atoms with E-state index in [1.54, 1.807) is 26.5 Å². The maximum absolute atomic E-state index is 12.2. The minimum atomic E-state index is -0.152. The van der Waals surface area contributed by atoms with Crippen LogP contribution in [0.1, 0.15) is 36.3 Å². The summed E-state index contributed by atoms with van der Waals surface area (Å²) in [6.07, 6.45) is 2.58. The third-order valence-electron chi connectivity index (χ3n) is 3.94. The SMILES string of the molecule is COc1ccc(CNc2ccnc(C(=O)NCCC(C)C)c2)cc1OC. The van der Waals surface area contributed by atoms with E-state index in [9.17, 15) is 4.79 Å². The first-order chi connectivity index (χ1) is 12.5. The maximum Gasteiger partial charge on any atom is 0.269 e. The zero-order valence-corrected chi connectivity index (χ0v) is 15.8. The number of ether oxygens (including phenoxy) is 2. The monoisotopic (exact) mass is 357 g/mol. The van der Waals surface area contributed by atoms with E-state index in [2.05, 4.69) is 29.5 Å². The Kier molecular flexibility index (Phi) is 7.26. The van der Waals surface area contributed by atoms with Gasteiger partial charge in [-0.3, -0.25) is 9.78 Å². The summed E-state index contributed by atoms with van der Waals surface area (Å²) in [6.45, 7) is 5.51. The number of hydrogen-bond donors (Lipinski definition) is 2. The average molecular weight is 357 g/mol. The zero-order chi connectivity index (χ0) is 18.9. The summed E-state index contributed by atoms with van der Waals surface area (Å²) in [5.74, 6) is 1.78. The van der Waals surface area contributed by atoms with E-state index in [-0.39, 0.29) is 5.91 Å². The predicted octanol–water partition coefficient (Wildman–Crippen LogP) is 3.49. The van der Waals surface area contributed by atoms with Crippen LogP contribution in [0.4, 0.5) is 5.69 Å². The van der Waals surface area contributed by atoms with Crippen LogP contribution in [-0.4, -0.2) is 31.7 Å². The second-order valence-electron chi connectivity index (χ2n) is 6.41. The van der Waals surface area contributed by atoms with Crippen molar-refractivity contribution in [2.75, 3.05) is 26.1 Å². The maximum atomic E-state index is 12.2. The van der Waals surface area contributed by atoms with Crippen molar-refractivity contribution in [1.82, 2.24) is 10.3 Å². The molecule has 1 aromatic heterocycles. The molecule has 6 heteroatoms. The summed E-state index contributed by atoms with van der Waals surface area (Å²) in [5.41, 5.74) is 2.29. The van der Waals surface area contributed by atoms with Crippen LogP contribution in [0.3, 0.4) is 0 Å². The number of hydrogen-bond acceptors (Lipinski definition) is 5. The summed E-state index contributed by atoms with van der Waals surface area (Å²) < 4.78 is 10.6. The van der Waals surface area contributed by atoms with Gasteiger partial charge in [0.25, 0.3) is 5.91 Å². The van der Waals surface area contributed by atoms with Crippen LogP contribution in [0.5, 0.6) is 11.5 Å². The molecule has 0 atom stereocenters. The van der Waals surface area contributed by atoms with E-state index in [1.807, 2.05) is 24.3 Å². The third kappa shape index (κ3) is 5.65. The average Bonchev–Trinajstić information content (AvgIpc) is 2.65. The second kappa shape index (κ2) is 9.65. The Morgan fingerprint density at radius 1 is 1.12 bits per heavy atom. The molecule has 6 nitrogen and oxygen atoms in total. The molecular formula is C20H27N3O3. The van der Waals surface area contributed by atoms with Gasteiger partial charge in [-0.15, -0.1) is 0 Å². The van der Waals surface area contributed by atoms with Gasteiger partial charge in [-0.05, 0) is 42.2 Å². The lowest BCUT2D eigenvalue weighted by Gasteiger charge is -2.11. The van der Waals surface area contributed by atoms with Crippen molar-refractivity contribution < 1.29 is 14.3 Å². The predicted molar refractivity (Wildman–Crippen MR) is 103 cm³/mol. The van der Waals surface area contributed by atoms with Crippen LogP contribution in [0.25, 0.3) is 0 Å². The number of aromatic nitrogens is 1. The van der Waals surface area contributed by atoms with Crippen LogP contribution in [0, 0.1) is 5.92 Å². The van der Waals surface area contributed by atoms with Crippen molar-refractivity contribution in [2.45, 2.75) is 26.8 Å². The molecule has 0 fully saturated rings. The van der Waals surface area contributed by atoms with Gasteiger partial charge in [0, 0.05) is 25.0 Å². The fourth-order valence-electron chi connectivity index (χ4n) is 2.42. The fraction of sp³-hybridized carbons (Fsp3) is 0.400. The molecule has 2 N–H and O–H groups in total. The van der Waals surface area contributed by atoms with Crippen molar-refractivity contribution in [3.8, 4) is 11.5 Å². The molecule has 140 valence electrons. The van der Waals surface area contributed by atoms with Gasteiger partial charge in [-0.25, -0.2) is 0 Å². The fourth-order valence-corrected chi connectivity index (χ4v) is 2.42. The molecule has 1 amide bonds. The van der Waals surface area contributed by atoms with Crippen molar-refractivity contribution in [3.05, 3.63) is 47.8 Å². The molecular weight excluding hydrogens is 330 g/mol. The summed E-state index contributed by atoms with van der Waals surface area (Å²) >= 11 is 0. The second-order valence-corrected chi connectivity index (χ2v) is 6.41. The summed E-state index contributed by atoms with van der Waals surface area (Å²) in [5, 5.41) is 6.20. The molecule has 2 aromatic rings. The number of carbonyl (C=O) groups excluding carboxylic acids is 1. The lowest BCUT2D eigenvalue weighted by atomic mass is 10.1. The first kappa shape index (κ1) is 19.6. The Hall–Kier alpha value is -2.76. The highest BCUT2D eigenvalue weighted by molar-refractivity contribution is 5.93. The Labute approximate surface area is 154 Å². The molecule has 0 saturated heterocycles. The molecule has 1 aromatic carbocycles. The molecule has 1 heterocycles. The summed E-state index contributed by atoms with van der Waals surface area (Å²) in [6, 6.07) is 9.36. The lowest BCUT2D eigenvalue weighted by molar-refractivity contribution is 0.0947. The van der Waals surface area contributed by atoms with E-state index in [0.717, 1.165) is 17.7 Å².